The number of halogens is 1. The molecule has 0 atom stereocenters. The van der Waals surface area contributed by atoms with E-state index in [4.69, 9.17) is 10.5 Å². The maximum atomic E-state index is 12.2. The van der Waals surface area contributed by atoms with Crippen LogP contribution >= 0.6 is 27.3 Å². The highest BCUT2D eigenvalue weighted by Gasteiger charge is 2.08. The number of hydrogen-bond donors (Lipinski definition) is 2. The van der Waals surface area contributed by atoms with Gasteiger partial charge >= 0.3 is 0 Å². The van der Waals surface area contributed by atoms with Gasteiger partial charge in [0.15, 0.2) is 5.13 Å². The van der Waals surface area contributed by atoms with E-state index in [1.54, 1.807) is 24.4 Å². The molecule has 0 aliphatic carbocycles. The summed E-state index contributed by atoms with van der Waals surface area (Å²) in [6.45, 7) is 2.52. The Balaban J connectivity index is 1.68. The van der Waals surface area contributed by atoms with Gasteiger partial charge in [0.25, 0.3) is 5.91 Å². The first kappa shape index (κ1) is 17.4. The number of hydrogen-bond acceptors (Lipinski definition) is 6. The Hall–Kier alpha value is -2.45. The quantitative estimate of drug-likeness (QED) is 0.486. The highest BCUT2D eigenvalue weighted by molar-refractivity contribution is 9.10. The molecule has 0 fully saturated rings. The monoisotopic (exact) mass is 418 g/mol. The highest BCUT2D eigenvalue weighted by atomic mass is 79.9. The molecule has 8 heteroatoms. The first-order chi connectivity index (χ1) is 12.1. The van der Waals surface area contributed by atoms with Gasteiger partial charge in [-0.25, -0.2) is 10.4 Å². The number of nitrogens with one attached hydrogen (secondary N) is 1. The lowest BCUT2D eigenvalue weighted by atomic mass is 10.2. The molecule has 2 aromatic carbocycles. The lowest BCUT2D eigenvalue weighted by Crippen LogP contribution is -2.17. The molecule has 3 rings (SSSR count). The number of aromatic nitrogens is 1. The molecule has 3 N–H and O–H groups in total. The average molecular weight is 419 g/mol. The molecule has 3 aromatic rings. The fraction of sp³-hybridized carbons (Fsp3) is 0.118. The molecule has 128 valence electrons. The molecule has 0 unspecified atom stereocenters. The summed E-state index contributed by atoms with van der Waals surface area (Å²) in [4.78, 5) is 16.4. The SMILES string of the molecule is CCOc1ccc(/C=N\NC(=O)c2ccc3nc(N)sc3c2)cc1Br. The predicted octanol–water partition coefficient (Wildman–Crippen LogP) is 3.80. The van der Waals surface area contributed by atoms with Gasteiger partial charge in [-0.2, -0.15) is 5.10 Å². The van der Waals surface area contributed by atoms with E-state index in [0.29, 0.717) is 17.3 Å². The standard InChI is InChI=1S/C17H15BrN4O2S/c1-2-24-14-6-3-10(7-12(14)18)9-20-22-16(23)11-4-5-13-15(8-11)25-17(19)21-13/h3-9H,2H2,1H3,(H2,19,21)(H,22,23)/b20-9-. The topological polar surface area (TPSA) is 89.6 Å². The third-order valence-corrected chi connectivity index (χ3v) is 4.77. The van der Waals surface area contributed by atoms with Crippen LogP contribution in [0.4, 0.5) is 5.13 Å². The van der Waals surface area contributed by atoms with Crippen LogP contribution in [0.1, 0.15) is 22.8 Å². The number of thiazole rings is 1. The number of benzene rings is 2. The molecule has 1 aromatic heterocycles. The summed E-state index contributed by atoms with van der Waals surface area (Å²) >= 11 is 4.78. The van der Waals surface area contributed by atoms with Crippen molar-refractivity contribution in [2.75, 3.05) is 12.3 Å². The molecule has 0 aliphatic heterocycles. The second-order valence-corrected chi connectivity index (χ2v) is 6.97. The van der Waals surface area contributed by atoms with Crippen molar-refractivity contribution < 1.29 is 9.53 Å². The van der Waals surface area contributed by atoms with Crippen LogP contribution in [0.15, 0.2) is 46.0 Å². The van der Waals surface area contributed by atoms with E-state index >= 15 is 0 Å². The van der Waals surface area contributed by atoms with Gasteiger partial charge in [0, 0.05) is 5.56 Å². The molecule has 0 saturated heterocycles. The first-order valence-corrected chi connectivity index (χ1v) is 9.09. The van der Waals surface area contributed by atoms with Crippen LogP contribution in [-0.4, -0.2) is 23.7 Å². The van der Waals surface area contributed by atoms with Crippen LogP contribution in [0.2, 0.25) is 0 Å². The third-order valence-electron chi connectivity index (χ3n) is 3.30. The van der Waals surface area contributed by atoms with Gasteiger partial charge in [-0.1, -0.05) is 11.3 Å². The zero-order valence-electron chi connectivity index (χ0n) is 13.3. The number of hydrazone groups is 1. The summed E-state index contributed by atoms with van der Waals surface area (Å²) in [6, 6.07) is 10.8. The van der Waals surface area contributed by atoms with E-state index in [9.17, 15) is 4.79 Å². The first-order valence-electron chi connectivity index (χ1n) is 7.48. The van der Waals surface area contributed by atoms with Gasteiger partial charge in [-0.3, -0.25) is 4.79 Å². The lowest BCUT2D eigenvalue weighted by molar-refractivity contribution is 0.0955. The minimum Gasteiger partial charge on any atom is -0.493 e. The van der Waals surface area contributed by atoms with E-state index in [-0.39, 0.29) is 5.91 Å². The van der Waals surface area contributed by atoms with Gasteiger partial charge in [0.05, 0.1) is 27.5 Å². The van der Waals surface area contributed by atoms with Gasteiger partial charge in [-0.05, 0) is 64.8 Å². The number of carbonyl (C=O) groups excluding carboxylic acids is 1. The number of nitrogen functional groups attached to an aromatic ring is 1. The fourth-order valence-electron chi connectivity index (χ4n) is 2.18. The largest absolute Gasteiger partial charge is 0.493 e. The number of nitrogens with zero attached hydrogens (tertiary/aromatic N) is 2. The third kappa shape index (κ3) is 4.15. The van der Waals surface area contributed by atoms with Crippen LogP contribution in [0, 0.1) is 0 Å². The number of rotatable bonds is 5. The normalized spacial score (nSPS) is 11.1. The average Bonchev–Trinajstić information content (AvgIpc) is 2.96. The van der Waals surface area contributed by atoms with Gasteiger partial charge < -0.3 is 10.5 Å². The molecule has 0 bridgehead atoms. The van der Waals surface area contributed by atoms with Crippen molar-refractivity contribution in [2.45, 2.75) is 6.92 Å². The molecule has 1 amide bonds. The van der Waals surface area contributed by atoms with Gasteiger partial charge in [0.2, 0.25) is 0 Å². The molecule has 0 spiro atoms. The van der Waals surface area contributed by atoms with Gasteiger partial charge in [-0.15, -0.1) is 0 Å². The summed E-state index contributed by atoms with van der Waals surface area (Å²) in [5.41, 5.74) is 10.3. The minimum absolute atomic E-state index is 0.296. The molecule has 0 saturated carbocycles. The Labute approximate surface area is 156 Å². The molecular formula is C17H15BrN4O2S. The zero-order chi connectivity index (χ0) is 17.8. The lowest BCUT2D eigenvalue weighted by Gasteiger charge is -2.05. The molecule has 1 heterocycles. The smallest absolute Gasteiger partial charge is 0.271 e. The highest BCUT2D eigenvalue weighted by Crippen LogP contribution is 2.26. The second-order valence-electron chi connectivity index (χ2n) is 5.06. The number of anilines is 1. The Morgan fingerprint density at radius 1 is 1.40 bits per heavy atom. The molecule has 6 nitrogen and oxygen atoms in total. The predicted molar refractivity (Wildman–Crippen MR) is 104 cm³/mol. The van der Waals surface area contributed by atoms with Crippen molar-refractivity contribution in [3.63, 3.8) is 0 Å². The van der Waals surface area contributed by atoms with Crippen LogP contribution in [-0.2, 0) is 0 Å². The summed E-state index contributed by atoms with van der Waals surface area (Å²) in [7, 11) is 0. The Morgan fingerprint density at radius 3 is 3.00 bits per heavy atom. The maximum Gasteiger partial charge on any atom is 0.271 e. The molecule has 25 heavy (non-hydrogen) atoms. The number of carbonyl (C=O) groups is 1. The number of fused-ring (bicyclic) bond motifs is 1. The molecule has 0 aliphatic rings. The van der Waals surface area contributed by atoms with Gasteiger partial charge in [0.1, 0.15) is 5.75 Å². The van der Waals surface area contributed by atoms with Crippen LogP contribution in [0.5, 0.6) is 5.75 Å². The van der Waals surface area contributed by atoms with E-state index in [0.717, 1.165) is 26.0 Å². The van der Waals surface area contributed by atoms with Crippen LogP contribution < -0.4 is 15.9 Å². The molecular weight excluding hydrogens is 404 g/mol. The van der Waals surface area contributed by atoms with E-state index in [2.05, 4.69) is 31.4 Å². The Kier molecular flexibility index (Phi) is 5.30. The van der Waals surface area contributed by atoms with Crippen LogP contribution in [0.25, 0.3) is 10.2 Å². The van der Waals surface area contributed by atoms with Crippen molar-refractivity contribution in [3.8, 4) is 5.75 Å². The van der Waals surface area contributed by atoms with E-state index < -0.39 is 0 Å². The number of nitrogens with two attached hydrogens (primary N) is 1. The van der Waals surface area contributed by atoms with Crippen molar-refractivity contribution in [3.05, 3.63) is 52.0 Å². The van der Waals surface area contributed by atoms with E-state index in [1.807, 2.05) is 25.1 Å². The summed E-state index contributed by atoms with van der Waals surface area (Å²) in [5.74, 6) is 0.468. The van der Waals surface area contributed by atoms with Crippen LogP contribution in [0.3, 0.4) is 0 Å². The molecule has 0 radical (unpaired) electrons. The Bertz CT molecular complexity index is 955. The van der Waals surface area contributed by atoms with Crippen molar-refractivity contribution in [1.29, 1.82) is 0 Å². The summed E-state index contributed by atoms with van der Waals surface area (Å²) in [6.07, 6.45) is 1.57. The number of amides is 1. The second kappa shape index (κ2) is 7.62. The Morgan fingerprint density at radius 2 is 2.24 bits per heavy atom. The van der Waals surface area contributed by atoms with Crippen molar-refractivity contribution in [1.82, 2.24) is 10.4 Å². The maximum absolute atomic E-state index is 12.2. The van der Waals surface area contributed by atoms with E-state index in [1.165, 1.54) is 11.3 Å². The summed E-state index contributed by atoms with van der Waals surface area (Å²) < 4.78 is 7.15. The zero-order valence-corrected chi connectivity index (χ0v) is 15.7. The fourth-order valence-corrected chi connectivity index (χ4v) is 3.47. The summed E-state index contributed by atoms with van der Waals surface area (Å²) in [5, 5.41) is 4.48. The number of ether oxygens (including phenoxy) is 1. The van der Waals surface area contributed by atoms with Crippen molar-refractivity contribution >= 4 is 54.7 Å². The van der Waals surface area contributed by atoms with Crippen molar-refractivity contribution in [2.24, 2.45) is 5.10 Å². The minimum atomic E-state index is -0.296.